The zero-order chi connectivity index (χ0) is 22.4. The minimum atomic E-state index is -4.88. The van der Waals surface area contributed by atoms with Crippen molar-refractivity contribution in [2.45, 2.75) is 32.4 Å². The maximum absolute atomic E-state index is 12.5. The van der Waals surface area contributed by atoms with Crippen LogP contribution in [0.1, 0.15) is 22.5 Å². The van der Waals surface area contributed by atoms with Crippen LogP contribution < -0.4 is 21.3 Å². The number of aromatic amines is 1. The Morgan fingerprint density at radius 2 is 1.94 bits per heavy atom. The van der Waals surface area contributed by atoms with Crippen molar-refractivity contribution in [1.82, 2.24) is 24.6 Å². The molecular weight excluding hydrogens is 419 g/mol. The number of nitrogens with zero attached hydrogens (tertiary/aromatic N) is 3. The van der Waals surface area contributed by atoms with E-state index >= 15 is 0 Å². The first kappa shape index (κ1) is 21.9. The van der Waals surface area contributed by atoms with E-state index in [4.69, 9.17) is 0 Å². The van der Waals surface area contributed by atoms with E-state index in [-0.39, 0.29) is 24.3 Å². The zero-order valence-corrected chi connectivity index (χ0v) is 16.1. The molecular formula is C19H18F3N5O4. The maximum atomic E-state index is 12.5. The number of H-pyrrole nitrogens is 1. The lowest BCUT2D eigenvalue weighted by Gasteiger charge is -2.13. The number of rotatable bonds is 8. The van der Waals surface area contributed by atoms with Gasteiger partial charge in [0.15, 0.2) is 0 Å². The third-order valence-electron chi connectivity index (χ3n) is 4.23. The first-order valence-corrected chi connectivity index (χ1v) is 9.16. The molecule has 1 aromatic carbocycles. The molecule has 0 aliphatic heterocycles. The summed E-state index contributed by atoms with van der Waals surface area (Å²) < 4.78 is 44.0. The van der Waals surface area contributed by atoms with Gasteiger partial charge in [0.25, 0.3) is 11.5 Å². The van der Waals surface area contributed by atoms with Crippen LogP contribution in [0.2, 0.25) is 0 Å². The fraction of sp³-hybridized carbons (Fsp3) is 0.263. The van der Waals surface area contributed by atoms with E-state index in [1.807, 2.05) is 0 Å². The normalized spacial score (nSPS) is 11.3. The Balaban J connectivity index is 1.65. The van der Waals surface area contributed by atoms with Crippen LogP contribution in [0, 0.1) is 0 Å². The van der Waals surface area contributed by atoms with Gasteiger partial charge >= 0.3 is 12.1 Å². The number of halogens is 3. The second-order valence-corrected chi connectivity index (χ2v) is 6.44. The zero-order valence-electron chi connectivity index (χ0n) is 16.1. The molecule has 31 heavy (non-hydrogen) atoms. The van der Waals surface area contributed by atoms with Gasteiger partial charge in [-0.25, -0.2) is 4.79 Å². The van der Waals surface area contributed by atoms with E-state index in [9.17, 15) is 27.6 Å². The number of aromatic nitrogens is 4. The Labute approximate surface area is 173 Å². The van der Waals surface area contributed by atoms with Crippen molar-refractivity contribution in [3.05, 3.63) is 80.9 Å². The van der Waals surface area contributed by atoms with Crippen molar-refractivity contribution in [3.63, 3.8) is 0 Å². The number of alkyl halides is 3. The molecule has 2 heterocycles. The maximum Gasteiger partial charge on any atom is 0.573 e. The molecule has 3 aromatic rings. The number of para-hydroxylation sites is 1. The Bertz CT molecular complexity index is 1120. The van der Waals surface area contributed by atoms with Gasteiger partial charge in [0.1, 0.15) is 11.4 Å². The minimum absolute atomic E-state index is 0.0717. The molecule has 0 saturated heterocycles. The van der Waals surface area contributed by atoms with Crippen LogP contribution in [0.15, 0.2) is 58.4 Å². The molecule has 0 saturated carbocycles. The number of aryl methyl sites for hydroxylation is 1. The van der Waals surface area contributed by atoms with Crippen LogP contribution in [0.5, 0.6) is 5.75 Å². The molecule has 2 N–H and O–H groups in total. The van der Waals surface area contributed by atoms with Crippen molar-refractivity contribution in [2.75, 3.05) is 0 Å². The Morgan fingerprint density at radius 1 is 1.16 bits per heavy atom. The summed E-state index contributed by atoms with van der Waals surface area (Å²) in [6.07, 6.45) is -1.06. The summed E-state index contributed by atoms with van der Waals surface area (Å²) >= 11 is 0. The van der Waals surface area contributed by atoms with E-state index in [0.717, 1.165) is 16.7 Å². The number of hydrogen-bond acceptors (Lipinski definition) is 5. The summed E-state index contributed by atoms with van der Waals surface area (Å²) in [6.45, 7) is 0.318. The van der Waals surface area contributed by atoms with Crippen molar-refractivity contribution in [3.8, 4) is 5.75 Å². The van der Waals surface area contributed by atoms with Gasteiger partial charge in [-0.15, -0.1) is 13.2 Å². The second-order valence-electron chi connectivity index (χ2n) is 6.44. The van der Waals surface area contributed by atoms with E-state index in [2.05, 4.69) is 20.1 Å². The molecule has 2 aromatic heterocycles. The van der Waals surface area contributed by atoms with Crippen molar-refractivity contribution in [1.29, 1.82) is 0 Å². The molecule has 0 fully saturated rings. The van der Waals surface area contributed by atoms with Crippen molar-refractivity contribution < 1.29 is 22.7 Å². The molecule has 3 rings (SSSR count). The standard InChI is InChI=1S/C19H18F3N5O4/c20-19(21,22)31-15-6-2-1-5-13(15)12-23-17(29)14-11-16(28)27(18(30)25-14)10-4-9-26-8-3-7-24-26/h1-3,5-8,11H,4,9-10,12H2,(H,23,29)(H,25,30). The number of hydrogen-bond donors (Lipinski definition) is 2. The monoisotopic (exact) mass is 437 g/mol. The summed E-state index contributed by atoms with van der Waals surface area (Å²) in [5, 5.41) is 6.38. The van der Waals surface area contributed by atoms with E-state index in [1.165, 1.54) is 18.2 Å². The van der Waals surface area contributed by atoms with Gasteiger partial charge in [0.05, 0.1) is 0 Å². The van der Waals surface area contributed by atoms with Gasteiger partial charge in [-0.2, -0.15) is 5.10 Å². The second kappa shape index (κ2) is 9.32. The van der Waals surface area contributed by atoms with Gasteiger partial charge in [0, 0.05) is 43.7 Å². The average molecular weight is 437 g/mol. The predicted molar refractivity (Wildman–Crippen MR) is 102 cm³/mol. The summed E-state index contributed by atoms with van der Waals surface area (Å²) in [5.74, 6) is -1.28. The van der Waals surface area contributed by atoms with E-state index < -0.39 is 29.3 Å². The highest BCUT2D eigenvalue weighted by molar-refractivity contribution is 5.92. The van der Waals surface area contributed by atoms with E-state index in [0.29, 0.717) is 13.0 Å². The molecule has 0 unspecified atom stereocenters. The highest BCUT2D eigenvalue weighted by Gasteiger charge is 2.32. The van der Waals surface area contributed by atoms with Gasteiger partial charge in [0.2, 0.25) is 0 Å². The van der Waals surface area contributed by atoms with Gasteiger partial charge in [-0.3, -0.25) is 18.8 Å². The van der Waals surface area contributed by atoms with Crippen LogP contribution in [0.3, 0.4) is 0 Å². The van der Waals surface area contributed by atoms with Gasteiger partial charge in [-0.05, 0) is 18.6 Å². The molecule has 9 nitrogen and oxygen atoms in total. The third-order valence-corrected chi connectivity index (χ3v) is 4.23. The molecule has 1 amide bonds. The topological polar surface area (TPSA) is 111 Å². The molecule has 0 atom stereocenters. The van der Waals surface area contributed by atoms with E-state index in [1.54, 1.807) is 23.1 Å². The van der Waals surface area contributed by atoms with Crippen LogP contribution in [0.4, 0.5) is 13.2 Å². The quantitative estimate of drug-likeness (QED) is 0.557. The summed E-state index contributed by atoms with van der Waals surface area (Å²) in [5.41, 5.74) is -1.66. The smallest absolute Gasteiger partial charge is 0.405 e. The number of benzene rings is 1. The lowest BCUT2D eigenvalue weighted by Crippen LogP contribution is -2.38. The van der Waals surface area contributed by atoms with Gasteiger partial charge in [-0.1, -0.05) is 18.2 Å². The Morgan fingerprint density at radius 3 is 2.61 bits per heavy atom. The van der Waals surface area contributed by atoms with Crippen molar-refractivity contribution in [2.24, 2.45) is 0 Å². The number of carbonyl (C=O) groups excluding carboxylic acids is 1. The molecule has 164 valence electrons. The SMILES string of the molecule is O=C(NCc1ccccc1OC(F)(F)F)c1cc(=O)n(CCCn2cccn2)c(=O)[nH]1. The molecule has 0 aliphatic carbocycles. The molecule has 12 heteroatoms. The van der Waals surface area contributed by atoms with Crippen LogP contribution >= 0.6 is 0 Å². The summed E-state index contributed by atoms with van der Waals surface area (Å²) in [7, 11) is 0. The van der Waals surface area contributed by atoms with Crippen LogP contribution in [0.25, 0.3) is 0 Å². The highest BCUT2D eigenvalue weighted by Crippen LogP contribution is 2.26. The fourth-order valence-corrected chi connectivity index (χ4v) is 2.82. The number of nitrogens with one attached hydrogen (secondary N) is 2. The largest absolute Gasteiger partial charge is 0.573 e. The van der Waals surface area contributed by atoms with Gasteiger partial charge < -0.3 is 15.0 Å². The highest BCUT2D eigenvalue weighted by atomic mass is 19.4. The Kier molecular flexibility index (Phi) is 6.58. The van der Waals surface area contributed by atoms with Crippen LogP contribution in [-0.4, -0.2) is 31.6 Å². The number of ether oxygens (including phenoxy) is 1. The average Bonchev–Trinajstić information content (AvgIpc) is 3.21. The summed E-state index contributed by atoms with van der Waals surface area (Å²) in [6, 6.07) is 8.01. The lowest BCUT2D eigenvalue weighted by molar-refractivity contribution is -0.274. The molecule has 0 bridgehead atoms. The first-order valence-electron chi connectivity index (χ1n) is 9.16. The third kappa shape index (κ3) is 6.07. The predicted octanol–water partition coefficient (Wildman–Crippen LogP) is 1.65. The summed E-state index contributed by atoms with van der Waals surface area (Å²) in [4.78, 5) is 39.0. The van der Waals surface area contributed by atoms with Crippen LogP contribution in [-0.2, 0) is 19.6 Å². The number of amides is 1. The first-order chi connectivity index (χ1) is 14.7. The molecule has 0 aliphatic rings. The Hall–Kier alpha value is -3.83. The number of carbonyl (C=O) groups is 1. The fourth-order valence-electron chi connectivity index (χ4n) is 2.82. The minimum Gasteiger partial charge on any atom is -0.405 e. The molecule has 0 radical (unpaired) electrons. The molecule has 0 spiro atoms. The lowest BCUT2D eigenvalue weighted by atomic mass is 10.2. The van der Waals surface area contributed by atoms with Crippen molar-refractivity contribution >= 4 is 5.91 Å².